The predicted molar refractivity (Wildman–Crippen MR) is 71.0 cm³/mol. The van der Waals surface area contributed by atoms with Crippen LogP contribution < -0.4 is 5.32 Å². The number of nitrogens with zero attached hydrogens (tertiary/aromatic N) is 2. The fraction of sp³-hybridized carbons (Fsp3) is 0.667. The van der Waals surface area contributed by atoms with Crippen LogP contribution in [-0.4, -0.2) is 27.2 Å². The summed E-state index contributed by atoms with van der Waals surface area (Å²) in [6, 6.07) is 0. The number of carbonyl (C=O) groups excluding carboxylic acids is 1. The molecule has 0 aliphatic heterocycles. The Labute approximate surface area is 115 Å². The SMILES string of the molecule is CCc1nnc(NC(=O)[C@H]2CCCC[C@H]2C(=O)O)s1. The number of nitrogens with one attached hydrogen (secondary N) is 1. The summed E-state index contributed by atoms with van der Waals surface area (Å²) < 4.78 is 0. The second-order valence-electron chi connectivity index (χ2n) is 4.68. The molecule has 1 aliphatic carbocycles. The standard InChI is InChI=1S/C12H17N3O3S/c1-2-9-14-15-12(19-9)13-10(16)7-5-3-4-6-8(7)11(17)18/h7-8H,2-6H2,1H3,(H,17,18)(H,13,15,16)/t7-,8+/m0/s1. The zero-order valence-electron chi connectivity index (χ0n) is 10.8. The van der Waals surface area contributed by atoms with E-state index in [9.17, 15) is 9.59 Å². The van der Waals surface area contributed by atoms with Crippen LogP contribution >= 0.6 is 11.3 Å². The van der Waals surface area contributed by atoms with E-state index in [1.165, 1.54) is 11.3 Å². The Bertz CT molecular complexity index is 475. The first-order valence-electron chi connectivity index (χ1n) is 6.48. The van der Waals surface area contributed by atoms with Crippen LogP contribution in [0.15, 0.2) is 0 Å². The van der Waals surface area contributed by atoms with Crippen molar-refractivity contribution in [2.24, 2.45) is 11.8 Å². The lowest BCUT2D eigenvalue weighted by atomic mass is 9.79. The van der Waals surface area contributed by atoms with Crippen LogP contribution in [0.3, 0.4) is 0 Å². The minimum Gasteiger partial charge on any atom is -0.481 e. The number of hydrogen-bond donors (Lipinski definition) is 2. The number of aromatic nitrogens is 2. The first-order chi connectivity index (χ1) is 9.11. The summed E-state index contributed by atoms with van der Waals surface area (Å²) in [5, 5.41) is 21.0. The van der Waals surface area contributed by atoms with Gasteiger partial charge in [0.1, 0.15) is 5.01 Å². The molecular weight excluding hydrogens is 266 g/mol. The average Bonchev–Trinajstić information content (AvgIpc) is 2.86. The molecule has 1 aromatic heterocycles. The fourth-order valence-corrected chi connectivity index (χ4v) is 3.07. The smallest absolute Gasteiger partial charge is 0.307 e. The lowest BCUT2D eigenvalue weighted by molar-refractivity contribution is -0.147. The normalized spacial score (nSPS) is 23.0. The van der Waals surface area contributed by atoms with Gasteiger partial charge in [-0.15, -0.1) is 10.2 Å². The molecule has 1 fully saturated rings. The number of hydrogen-bond acceptors (Lipinski definition) is 5. The summed E-state index contributed by atoms with van der Waals surface area (Å²) in [4.78, 5) is 23.3. The fourth-order valence-electron chi connectivity index (χ4n) is 2.39. The number of rotatable bonds is 4. The van der Waals surface area contributed by atoms with Gasteiger partial charge in [-0.3, -0.25) is 9.59 Å². The van der Waals surface area contributed by atoms with Crippen LogP contribution in [0.1, 0.15) is 37.6 Å². The molecule has 1 aromatic rings. The topological polar surface area (TPSA) is 92.2 Å². The molecule has 104 valence electrons. The highest BCUT2D eigenvalue weighted by Crippen LogP contribution is 2.31. The largest absolute Gasteiger partial charge is 0.481 e. The summed E-state index contributed by atoms with van der Waals surface area (Å²) >= 11 is 1.33. The van der Waals surface area contributed by atoms with E-state index in [1.54, 1.807) is 0 Å². The number of carboxylic acid groups (broad SMARTS) is 1. The Hall–Kier alpha value is -1.50. The van der Waals surface area contributed by atoms with Gasteiger partial charge >= 0.3 is 5.97 Å². The number of carbonyl (C=O) groups is 2. The number of aryl methyl sites for hydroxylation is 1. The lowest BCUT2D eigenvalue weighted by Crippen LogP contribution is -2.36. The maximum Gasteiger partial charge on any atom is 0.307 e. The molecule has 7 heteroatoms. The summed E-state index contributed by atoms with van der Waals surface area (Å²) in [5.74, 6) is -2.16. The van der Waals surface area contributed by atoms with Crippen LogP contribution in [0, 0.1) is 11.8 Å². The van der Waals surface area contributed by atoms with Crippen LogP contribution in [0.25, 0.3) is 0 Å². The molecule has 0 bridgehead atoms. The highest BCUT2D eigenvalue weighted by molar-refractivity contribution is 7.15. The highest BCUT2D eigenvalue weighted by atomic mass is 32.1. The van der Waals surface area contributed by atoms with Crippen LogP contribution in [0.5, 0.6) is 0 Å². The quantitative estimate of drug-likeness (QED) is 0.880. The van der Waals surface area contributed by atoms with Gasteiger partial charge in [0.15, 0.2) is 0 Å². The number of amides is 1. The highest BCUT2D eigenvalue weighted by Gasteiger charge is 2.35. The van der Waals surface area contributed by atoms with Gasteiger partial charge in [-0.2, -0.15) is 0 Å². The van der Waals surface area contributed by atoms with Gasteiger partial charge in [0.05, 0.1) is 11.8 Å². The van der Waals surface area contributed by atoms with Gasteiger partial charge in [0.2, 0.25) is 11.0 Å². The van der Waals surface area contributed by atoms with Gasteiger partial charge in [0.25, 0.3) is 0 Å². The van der Waals surface area contributed by atoms with Gasteiger partial charge in [-0.25, -0.2) is 0 Å². The molecular formula is C12H17N3O3S. The van der Waals surface area contributed by atoms with E-state index in [2.05, 4.69) is 15.5 Å². The van der Waals surface area contributed by atoms with E-state index >= 15 is 0 Å². The second-order valence-corrected chi connectivity index (χ2v) is 5.74. The third-order valence-electron chi connectivity index (χ3n) is 3.42. The second kappa shape index (κ2) is 6.10. The van der Waals surface area contributed by atoms with Crippen molar-refractivity contribution in [3.05, 3.63) is 5.01 Å². The van der Waals surface area contributed by atoms with Crippen LogP contribution in [0.4, 0.5) is 5.13 Å². The van der Waals surface area contributed by atoms with Crippen molar-refractivity contribution in [3.8, 4) is 0 Å². The Morgan fingerprint density at radius 2 is 2.00 bits per heavy atom. The Morgan fingerprint density at radius 3 is 2.58 bits per heavy atom. The van der Waals surface area contributed by atoms with Crippen molar-refractivity contribution in [1.29, 1.82) is 0 Å². The summed E-state index contributed by atoms with van der Waals surface area (Å²) in [6.07, 6.45) is 3.75. The van der Waals surface area contributed by atoms with Crippen molar-refractivity contribution in [1.82, 2.24) is 10.2 Å². The van der Waals surface area contributed by atoms with Crippen molar-refractivity contribution >= 4 is 28.3 Å². The van der Waals surface area contributed by atoms with Crippen molar-refractivity contribution in [3.63, 3.8) is 0 Å². The molecule has 1 aliphatic rings. The minimum absolute atomic E-state index is 0.245. The summed E-state index contributed by atoms with van der Waals surface area (Å²) in [5.41, 5.74) is 0. The van der Waals surface area contributed by atoms with E-state index in [-0.39, 0.29) is 5.91 Å². The number of aliphatic carboxylic acids is 1. The van der Waals surface area contributed by atoms with E-state index in [0.29, 0.717) is 18.0 Å². The van der Waals surface area contributed by atoms with Gasteiger partial charge in [-0.1, -0.05) is 31.1 Å². The Balaban J connectivity index is 2.03. The first-order valence-corrected chi connectivity index (χ1v) is 7.29. The molecule has 2 N–H and O–H groups in total. The van der Waals surface area contributed by atoms with E-state index in [1.807, 2.05) is 6.92 Å². The van der Waals surface area contributed by atoms with E-state index in [0.717, 1.165) is 24.3 Å². The van der Waals surface area contributed by atoms with E-state index < -0.39 is 17.8 Å². The monoisotopic (exact) mass is 283 g/mol. The molecule has 1 saturated carbocycles. The van der Waals surface area contributed by atoms with Gasteiger partial charge < -0.3 is 10.4 Å². The van der Waals surface area contributed by atoms with Crippen molar-refractivity contribution in [2.45, 2.75) is 39.0 Å². The average molecular weight is 283 g/mol. The van der Waals surface area contributed by atoms with Crippen molar-refractivity contribution in [2.75, 3.05) is 5.32 Å². The van der Waals surface area contributed by atoms with E-state index in [4.69, 9.17) is 5.11 Å². The lowest BCUT2D eigenvalue weighted by Gasteiger charge is -2.26. The third kappa shape index (κ3) is 3.28. The zero-order chi connectivity index (χ0) is 13.8. The molecule has 1 heterocycles. The van der Waals surface area contributed by atoms with Crippen molar-refractivity contribution < 1.29 is 14.7 Å². The van der Waals surface area contributed by atoms with Gasteiger partial charge in [0, 0.05) is 0 Å². The number of anilines is 1. The van der Waals surface area contributed by atoms with Crippen LogP contribution in [-0.2, 0) is 16.0 Å². The summed E-state index contributed by atoms with van der Waals surface area (Å²) in [7, 11) is 0. The minimum atomic E-state index is -0.883. The molecule has 2 atom stereocenters. The molecule has 1 amide bonds. The molecule has 19 heavy (non-hydrogen) atoms. The number of carboxylic acids is 1. The first kappa shape index (κ1) is 13.9. The molecule has 0 aromatic carbocycles. The Kier molecular flexibility index (Phi) is 4.47. The summed E-state index contributed by atoms with van der Waals surface area (Å²) in [6.45, 7) is 1.97. The molecule has 0 saturated heterocycles. The maximum atomic E-state index is 12.1. The molecule has 0 spiro atoms. The molecule has 2 rings (SSSR count). The van der Waals surface area contributed by atoms with Crippen LogP contribution in [0.2, 0.25) is 0 Å². The molecule has 0 radical (unpaired) electrons. The Morgan fingerprint density at radius 1 is 1.32 bits per heavy atom. The van der Waals surface area contributed by atoms with Gasteiger partial charge in [-0.05, 0) is 19.3 Å². The molecule has 6 nitrogen and oxygen atoms in total. The zero-order valence-corrected chi connectivity index (χ0v) is 11.6. The third-order valence-corrected chi connectivity index (χ3v) is 4.40. The predicted octanol–water partition coefficient (Wildman–Crippen LogP) is 1.93. The maximum absolute atomic E-state index is 12.1. The molecule has 0 unspecified atom stereocenters.